The van der Waals surface area contributed by atoms with Crippen LogP contribution in [-0.2, 0) is 6.18 Å². The number of rotatable bonds is 1. The van der Waals surface area contributed by atoms with Crippen molar-refractivity contribution in [1.82, 2.24) is 0 Å². The molecule has 0 saturated heterocycles. The summed E-state index contributed by atoms with van der Waals surface area (Å²) >= 11 is 0. The van der Waals surface area contributed by atoms with E-state index in [2.05, 4.69) is 0 Å². The van der Waals surface area contributed by atoms with Crippen molar-refractivity contribution in [1.29, 1.82) is 0 Å². The Balaban J connectivity index is 2.48. The molecule has 0 nitrogen and oxygen atoms in total. The number of allylic oxidation sites excluding steroid dienone is 4. The molecule has 0 radical (unpaired) electrons. The highest BCUT2D eigenvalue weighted by Gasteiger charge is 2.31. The summed E-state index contributed by atoms with van der Waals surface area (Å²) in [5, 5.41) is 0. The minimum atomic E-state index is -4.29. The fourth-order valence-electron chi connectivity index (χ4n) is 2.12. The van der Waals surface area contributed by atoms with E-state index in [1.165, 1.54) is 17.7 Å². The van der Waals surface area contributed by atoms with Crippen molar-refractivity contribution < 1.29 is 13.2 Å². The summed E-state index contributed by atoms with van der Waals surface area (Å²) in [6.45, 7) is 5.72. The zero-order valence-corrected chi connectivity index (χ0v) is 10.6. The zero-order valence-electron chi connectivity index (χ0n) is 10.6. The van der Waals surface area contributed by atoms with Crippen LogP contribution in [0.25, 0.3) is 5.57 Å². The standard InChI is InChI=1S/C15H15F3/c1-9-4-12(8-14(5-9)15(16,17)18)13-6-10(2)11(3)7-13/h4-8,10H,1-3H3. The molecule has 1 aromatic rings. The highest BCUT2D eigenvalue weighted by molar-refractivity contribution is 5.78. The summed E-state index contributed by atoms with van der Waals surface area (Å²) in [6.07, 6.45) is -0.325. The van der Waals surface area contributed by atoms with Crippen LogP contribution >= 0.6 is 0 Å². The van der Waals surface area contributed by atoms with Crippen LogP contribution in [0.3, 0.4) is 0 Å². The van der Waals surface area contributed by atoms with Crippen molar-refractivity contribution in [3.8, 4) is 0 Å². The van der Waals surface area contributed by atoms with Crippen LogP contribution in [-0.4, -0.2) is 0 Å². The lowest BCUT2D eigenvalue weighted by molar-refractivity contribution is -0.137. The lowest BCUT2D eigenvalue weighted by Crippen LogP contribution is -2.05. The summed E-state index contributed by atoms with van der Waals surface area (Å²) in [7, 11) is 0. The van der Waals surface area contributed by atoms with Gasteiger partial charge in [-0.1, -0.05) is 30.7 Å². The van der Waals surface area contributed by atoms with Crippen molar-refractivity contribution in [3.63, 3.8) is 0 Å². The SMILES string of the molecule is CC1=CC(c2cc(C)cc(C(F)(F)F)c2)=CC1C. The first-order valence-electron chi connectivity index (χ1n) is 5.86. The quantitative estimate of drug-likeness (QED) is 0.660. The van der Waals surface area contributed by atoms with E-state index in [0.29, 0.717) is 17.0 Å². The third-order valence-electron chi connectivity index (χ3n) is 3.27. The highest BCUT2D eigenvalue weighted by Crippen LogP contribution is 2.35. The molecular weight excluding hydrogens is 237 g/mol. The minimum absolute atomic E-state index is 0.301. The van der Waals surface area contributed by atoms with E-state index in [4.69, 9.17) is 0 Å². The second kappa shape index (κ2) is 4.30. The van der Waals surface area contributed by atoms with Gasteiger partial charge in [0.1, 0.15) is 0 Å². The van der Waals surface area contributed by atoms with E-state index in [1.807, 2.05) is 26.0 Å². The van der Waals surface area contributed by atoms with Gasteiger partial charge in [0.05, 0.1) is 5.56 Å². The maximum absolute atomic E-state index is 12.8. The van der Waals surface area contributed by atoms with Crippen LogP contribution in [0.15, 0.2) is 35.9 Å². The number of alkyl halides is 3. The molecule has 1 unspecified atom stereocenters. The Kier molecular flexibility index (Phi) is 3.09. The Morgan fingerprint density at radius 1 is 1.06 bits per heavy atom. The van der Waals surface area contributed by atoms with Gasteiger partial charge in [0.25, 0.3) is 0 Å². The van der Waals surface area contributed by atoms with Gasteiger partial charge in [0, 0.05) is 0 Å². The molecule has 0 bridgehead atoms. The Labute approximate surface area is 105 Å². The van der Waals surface area contributed by atoms with E-state index < -0.39 is 11.7 Å². The van der Waals surface area contributed by atoms with E-state index in [-0.39, 0.29) is 0 Å². The van der Waals surface area contributed by atoms with Crippen molar-refractivity contribution in [2.24, 2.45) is 5.92 Å². The Bertz CT molecular complexity index is 533. The average molecular weight is 252 g/mol. The fraction of sp³-hybridized carbons (Fsp3) is 0.333. The summed E-state index contributed by atoms with van der Waals surface area (Å²) < 4.78 is 38.3. The van der Waals surface area contributed by atoms with Gasteiger partial charge in [0.2, 0.25) is 0 Å². The topological polar surface area (TPSA) is 0 Å². The van der Waals surface area contributed by atoms with Gasteiger partial charge in [-0.25, -0.2) is 0 Å². The first-order valence-corrected chi connectivity index (χ1v) is 5.86. The molecule has 96 valence electrons. The van der Waals surface area contributed by atoms with Crippen LogP contribution in [0.1, 0.15) is 30.5 Å². The number of halogens is 3. The van der Waals surface area contributed by atoms with Gasteiger partial charge in [-0.15, -0.1) is 0 Å². The first kappa shape index (κ1) is 12.9. The highest BCUT2D eigenvalue weighted by atomic mass is 19.4. The Hall–Kier alpha value is -1.51. The van der Waals surface area contributed by atoms with E-state index in [0.717, 1.165) is 5.57 Å². The maximum atomic E-state index is 12.8. The van der Waals surface area contributed by atoms with Gasteiger partial charge in [-0.05, 0) is 48.6 Å². The molecule has 0 fully saturated rings. The molecule has 18 heavy (non-hydrogen) atoms. The van der Waals surface area contributed by atoms with Crippen molar-refractivity contribution in [3.05, 3.63) is 52.6 Å². The van der Waals surface area contributed by atoms with E-state index >= 15 is 0 Å². The van der Waals surface area contributed by atoms with E-state index in [9.17, 15) is 13.2 Å². The molecule has 1 atom stereocenters. The van der Waals surface area contributed by atoms with Gasteiger partial charge in [0.15, 0.2) is 0 Å². The van der Waals surface area contributed by atoms with Crippen LogP contribution in [0.2, 0.25) is 0 Å². The largest absolute Gasteiger partial charge is 0.416 e. The monoisotopic (exact) mass is 252 g/mol. The van der Waals surface area contributed by atoms with Crippen LogP contribution in [0.4, 0.5) is 13.2 Å². The summed E-state index contributed by atoms with van der Waals surface area (Å²) in [5.74, 6) is 0.301. The molecule has 0 N–H and O–H groups in total. The minimum Gasteiger partial charge on any atom is -0.166 e. The molecular formula is C15H15F3. The maximum Gasteiger partial charge on any atom is 0.416 e. The van der Waals surface area contributed by atoms with Gasteiger partial charge in [-0.3, -0.25) is 0 Å². The smallest absolute Gasteiger partial charge is 0.166 e. The number of hydrogen-bond donors (Lipinski definition) is 0. The first-order chi connectivity index (χ1) is 8.27. The lowest BCUT2D eigenvalue weighted by Gasteiger charge is -2.10. The summed E-state index contributed by atoms with van der Waals surface area (Å²) in [6, 6.07) is 4.20. The molecule has 0 aliphatic heterocycles. The second-order valence-electron chi connectivity index (χ2n) is 4.88. The van der Waals surface area contributed by atoms with Gasteiger partial charge < -0.3 is 0 Å². The zero-order chi connectivity index (χ0) is 13.5. The molecule has 0 amide bonds. The van der Waals surface area contributed by atoms with Crippen LogP contribution in [0.5, 0.6) is 0 Å². The molecule has 1 aliphatic carbocycles. The molecule has 0 aromatic heterocycles. The molecule has 1 aliphatic rings. The molecule has 1 aromatic carbocycles. The lowest BCUT2D eigenvalue weighted by atomic mass is 10.0. The number of aryl methyl sites for hydroxylation is 1. The average Bonchev–Trinajstić information content (AvgIpc) is 2.57. The van der Waals surface area contributed by atoms with Crippen LogP contribution in [0, 0.1) is 12.8 Å². The number of hydrogen-bond acceptors (Lipinski definition) is 0. The normalized spacial score (nSPS) is 19.8. The predicted octanol–water partition coefficient (Wildman–Crippen LogP) is 4.99. The predicted molar refractivity (Wildman–Crippen MR) is 67.1 cm³/mol. The second-order valence-corrected chi connectivity index (χ2v) is 4.88. The molecule has 0 saturated carbocycles. The van der Waals surface area contributed by atoms with E-state index in [1.54, 1.807) is 13.0 Å². The van der Waals surface area contributed by atoms with Crippen molar-refractivity contribution >= 4 is 5.57 Å². The number of benzene rings is 1. The third-order valence-corrected chi connectivity index (χ3v) is 3.27. The molecule has 2 rings (SSSR count). The fourth-order valence-corrected chi connectivity index (χ4v) is 2.12. The molecule has 3 heteroatoms. The Morgan fingerprint density at radius 3 is 2.22 bits per heavy atom. The van der Waals surface area contributed by atoms with Crippen LogP contribution < -0.4 is 0 Å². The Morgan fingerprint density at radius 2 is 1.72 bits per heavy atom. The van der Waals surface area contributed by atoms with Crippen molar-refractivity contribution in [2.45, 2.75) is 26.9 Å². The molecule has 0 spiro atoms. The third kappa shape index (κ3) is 2.50. The van der Waals surface area contributed by atoms with Gasteiger partial charge in [-0.2, -0.15) is 13.2 Å². The molecule has 0 heterocycles. The summed E-state index contributed by atoms with van der Waals surface area (Å²) in [4.78, 5) is 0. The van der Waals surface area contributed by atoms with Gasteiger partial charge >= 0.3 is 6.18 Å². The van der Waals surface area contributed by atoms with Crippen molar-refractivity contribution in [2.75, 3.05) is 0 Å². The summed E-state index contributed by atoms with van der Waals surface area (Å²) in [5.41, 5.74) is 2.76.